The summed E-state index contributed by atoms with van der Waals surface area (Å²) in [6.07, 6.45) is 6.34. The van der Waals surface area contributed by atoms with Crippen molar-refractivity contribution in [2.75, 3.05) is 19.7 Å². The van der Waals surface area contributed by atoms with E-state index < -0.39 is 6.10 Å². The molecule has 0 spiro atoms. The molecular weight excluding hydrogens is 390 g/mol. The van der Waals surface area contributed by atoms with Gasteiger partial charge < -0.3 is 15.2 Å². The number of carbonyl (C=O) groups excluding carboxylic acids is 1. The Bertz CT molecular complexity index is 1090. The van der Waals surface area contributed by atoms with Crippen molar-refractivity contribution < 1.29 is 14.6 Å². The highest BCUT2D eigenvalue weighted by atomic mass is 16.5. The molecule has 0 saturated carbocycles. The van der Waals surface area contributed by atoms with E-state index >= 15 is 0 Å². The maximum Gasteiger partial charge on any atom is 0.346 e. The summed E-state index contributed by atoms with van der Waals surface area (Å²) in [5, 5.41) is 13.3. The maximum atomic E-state index is 11.4. The molecular formula is C25H25N3O3. The van der Waals surface area contributed by atoms with Gasteiger partial charge in [0.15, 0.2) is 0 Å². The number of urea groups is 1. The van der Waals surface area contributed by atoms with E-state index in [1.165, 1.54) is 11.1 Å². The van der Waals surface area contributed by atoms with Crippen molar-refractivity contribution in [3.05, 3.63) is 89.1 Å². The van der Waals surface area contributed by atoms with E-state index in [2.05, 4.69) is 39.5 Å². The minimum atomic E-state index is -0.557. The standard InChI is InChI=1S/C25H25N3O3/c29-21(15-28-11-10-17-4-1-2-5-20(17)14-28)16-31-22-7-3-6-18(12-22)19-8-9-23-24(13-19)27-25(30)26-23/h1-9,12-13,19,21,29H,10-11,14-16H2,(H,27,30). The van der Waals surface area contributed by atoms with Crippen LogP contribution in [-0.4, -0.2) is 47.5 Å². The number of aliphatic imine (C=N–C) groups is 1. The first kappa shape index (κ1) is 19.7. The van der Waals surface area contributed by atoms with Crippen LogP contribution >= 0.6 is 0 Å². The lowest BCUT2D eigenvalue weighted by Crippen LogP contribution is -2.38. The van der Waals surface area contributed by atoms with Crippen LogP contribution in [0.25, 0.3) is 0 Å². The molecule has 2 heterocycles. The summed E-state index contributed by atoms with van der Waals surface area (Å²) in [4.78, 5) is 17.6. The van der Waals surface area contributed by atoms with Crippen molar-refractivity contribution in [3.63, 3.8) is 0 Å². The molecule has 2 aromatic carbocycles. The van der Waals surface area contributed by atoms with Gasteiger partial charge in [0.1, 0.15) is 18.5 Å². The number of aliphatic hydroxyl groups excluding tert-OH is 1. The predicted molar refractivity (Wildman–Crippen MR) is 119 cm³/mol. The third-order valence-electron chi connectivity index (χ3n) is 5.91. The number of hydrogen-bond acceptors (Lipinski definition) is 4. The zero-order chi connectivity index (χ0) is 21.2. The smallest absolute Gasteiger partial charge is 0.346 e. The summed E-state index contributed by atoms with van der Waals surface area (Å²) < 4.78 is 5.90. The second-order valence-electron chi connectivity index (χ2n) is 8.18. The van der Waals surface area contributed by atoms with E-state index in [-0.39, 0.29) is 18.6 Å². The molecule has 31 heavy (non-hydrogen) atoms. The SMILES string of the molecule is O=C1N=C2C=CC(c3cccc(OCC(O)CN4CCc5ccccc5C4)c3)C=C2N1. The Hall–Kier alpha value is -3.22. The molecule has 2 N–H and O–H groups in total. The number of allylic oxidation sites excluding steroid dienone is 3. The first-order chi connectivity index (χ1) is 15.1. The molecule has 3 aliphatic rings. The van der Waals surface area contributed by atoms with Crippen LogP contribution in [0.2, 0.25) is 0 Å². The van der Waals surface area contributed by atoms with Gasteiger partial charge in [-0.3, -0.25) is 4.90 Å². The van der Waals surface area contributed by atoms with Crippen LogP contribution in [0.5, 0.6) is 5.75 Å². The molecule has 6 heteroatoms. The lowest BCUT2D eigenvalue weighted by atomic mass is 9.92. The number of amides is 2. The normalized spacial score (nSPS) is 20.9. The van der Waals surface area contributed by atoms with E-state index in [9.17, 15) is 9.90 Å². The van der Waals surface area contributed by atoms with Crippen molar-refractivity contribution in [1.82, 2.24) is 10.2 Å². The van der Waals surface area contributed by atoms with E-state index in [0.29, 0.717) is 12.3 Å². The lowest BCUT2D eigenvalue weighted by Gasteiger charge is -2.30. The Balaban J connectivity index is 1.17. The minimum absolute atomic E-state index is 0.0363. The summed E-state index contributed by atoms with van der Waals surface area (Å²) in [5.41, 5.74) is 5.24. The van der Waals surface area contributed by atoms with E-state index in [0.717, 1.165) is 36.5 Å². The largest absolute Gasteiger partial charge is 0.491 e. The van der Waals surface area contributed by atoms with Gasteiger partial charge in [0, 0.05) is 25.6 Å². The number of aliphatic hydroxyl groups is 1. The second-order valence-corrected chi connectivity index (χ2v) is 8.18. The monoisotopic (exact) mass is 415 g/mol. The van der Waals surface area contributed by atoms with Crippen molar-refractivity contribution in [2.24, 2.45) is 4.99 Å². The Morgan fingerprint density at radius 3 is 2.97 bits per heavy atom. The first-order valence-corrected chi connectivity index (χ1v) is 10.6. The molecule has 2 amide bonds. The molecule has 0 bridgehead atoms. The Labute approximate surface area is 181 Å². The van der Waals surface area contributed by atoms with Gasteiger partial charge in [-0.05, 0) is 47.4 Å². The van der Waals surface area contributed by atoms with Gasteiger partial charge in [-0.2, -0.15) is 4.99 Å². The van der Waals surface area contributed by atoms with E-state index in [1.807, 2.05) is 42.5 Å². The summed E-state index contributed by atoms with van der Waals surface area (Å²) >= 11 is 0. The first-order valence-electron chi connectivity index (χ1n) is 10.6. The average Bonchev–Trinajstić information content (AvgIpc) is 3.17. The third-order valence-corrected chi connectivity index (χ3v) is 5.91. The molecule has 2 aromatic rings. The summed E-state index contributed by atoms with van der Waals surface area (Å²) in [6, 6.07) is 16.0. The summed E-state index contributed by atoms with van der Waals surface area (Å²) in [6.45, 7) is 2.66. The number of carbonyl (C=O) groups is 1. The number of ether oxygens (including phenoxy) is 1. The zero-order valence-electron chi connectivity index (χ0n) is 17.2. The van der Waals surface area contributed by atoms with E-state index in [1.54, 1.807) is 0 Å². The van der Waals surface area contributed by atoms with Crippen molar-refractivity contribution >= 4 is 11.7 Å². The van der Waals surface area contributed by atoms with Gasteiger partial charge in [-0.15, -0.1) is 0 Å². The van der Waals surface area contributed by atoms with Crippen molar-refractivity contribution in [2.45, 2.75) is 25.0 Å². The molecule has 2 unspecified atom stereocenters. The minimum Gasteiger partial charge on any atom is -0.491 e. The molecule has 6 nitrogen and oxygen atoms in total. The number of fused-ring (bicyclic) bond motifs is 2. The lowest BCUT2D eigenvalue weighted by molar-refractivity contribution is 0.0637. The van der Waals surface area contributed by atoms with Crippen LogP contribution in [0, 0.1) is 0 Å². The van der Waals surface area contributed by atoms with Crippen molar-refractivity contribution in [3.8, 4) is 5.75 Å². The molecule has 0 aromatic heterocycles. The quantitative estimate of drug-likeness (QED) is 0.760. The predicted octanol–water partition coefficient (Wildman–Crippen LogP) is 3.19. The fraction of sp³-hybridized carbons (Fsp3) is 0.280. The fourth-order valence-electron chi connectivity index (χ4n) is 4.33. The number of nitrogens with zero attached hydrogens (tertiary/aromatic N) is 2. The highest BCUT2D eigenvalue weighted by molar-refractivity contribution is 6.19. The number of β-amino-alcohol motifs (C(OH)–C–C–N with tert-alkyl or cyclic N) is 1. The van der Waals surface area contributed by atoms with Gasteiger partial charge in [-0.1, -0.05) is 42.5 Å². The molecule has 0 saturated heterocycles. The Morgan fingerprint density at radius 1 is 1.19 bits per heavy atom. The highest BCUT2D eigenvalue weighted by Crippen LogP contribution is 2.28. The fourth-order valence-corrected chi connectivity index (χ4v) is 4.33. The molecule has 5 rings (SSSR count). The Morgan fingerprint density at radius 2 is 2.06 bits per heavy atom. The van der Waals surface area contributed by atoms with Crippen LogP contribution in [0.1, 0.15) is 22.6 Å². The van der Waals surface area contributed by atoms with E-state index in [4.69, 9.17) is 4.74 Å². The summed E-state index contributed by atoms with van der Waals surface area (Å²) in [5.74, 6) is 0.761. The average molecular weight is 415 g/mol. The zero-order valence-corrected chi connectivity index (χ0v) is 17.2. The maximum absolute atomic E-state index is 11.4. The van der Waals surface area contributed by atoms with Gasteiger partial charge in [-0.25, -0.2) is 4.79 Å². The number of rotatable bonds is 6. The molecule has 0 fully saturated rings. The van der Waals surface area contributed by atoms with Gasteiger partial charge in [0.05, 0.1) is 11.4 Å². The van der Waals surface area contributed by atoms with Crippen LogP contribution in [0.4, 0.5) is 4.79 Å². The number of benzene rings is 2. The second kappa shape index (κ2) is 8.49. The third kappa shape index (κ3) is 4.45. The number of hydrogen-bond donors (Lipinski definition) is 2. The van der Waals surface area contributed by atoms with Crippen LogP contribution in [-0.2, 0) is 13.0 Å². The highest BCUT2D eigenvalue weighted by Gasteiger charge is 2.23. The van der Waals surface area contributed by atoms with Crippen LogP contribution in [0.15, 0.2) is 77.4 Å². The molecule has 158 valence electrons. The molecule has 2 aliphatic heterocycles. The van der Waals surface area contributed by atoms with Crippen LogP contribution in [0.3, 0.4) is 0 Å². The topological polar surface area (TPSA) is 74.2 Å². The van der Waals surface area contributed by atoms with Crippen LogP contribution < -0.4 is 10.1 Å². The van der Waals surface area contributed by atoms with Gasteiger partial charge in [0.2, 0.25) is 0 Å². The summed E-state index contributed by atoms with van der Waals surface area (Å²) in [7, 11) is 0. The van der Waals surface area contributed by atoms with Gasteiger partial charge >= 0.3 is 6.03 Å². The molecule has 2 atom stereocenters. The van der Waals surface area contributed by atoms with Crippen molar-refractivity contribution in [1.29, 1.82) is 0 Å². The Kier molecular flexibility index (Phi) is 5.40. The molecule has 1 aliphatic carbocycles. The molecule has 0 radical (unpaired) electrons. The number of nitrogens with one attached hydrogen (secondary N) is 1. The van der Waals surface area contributed by atoms with Gasteiger partial charge in [0.25, 0.3) is 0 Å².